The second-order valence-corrected chi connectivity index (χ2v) is 6.04. The summed E-state index contributed by atoms with van der Waals surface area (Å²) in [6.45, 7) is 2.04. The highest BCUT2D eigenvalue weighted by atomic mass is 16.2. The molecule has 1 N–H and O–H groups in total. The normalized spacial score (nSPS) is 23.9. The second-order valence-electron chi connectivity index (χ2n) is 6.04. The smallest absolute Gasteiger partial charge is 0.274 e. The first-order chi connectivity index (χ1) is 9.75. The van der Waals surface area contributed by atoms with E-state index in [0.717, 1.165) is 32.4 Å². The number of amides is 1. The molecular weight excluding hydrogens is 252 g/mol. The van der Waals surface area contributed by atoms with Gasteiger partial charge in [0.15, 0.2) is 0 Å². The van der Waals surface area contributed by atoms with Crippen molar-refractivity contribution >= 4 is 5.91 Å². The monoisotopic (exact) mass is 276 g/mol. The molecule has 5 nitrogen and oxygen atoms in total. The molecule has 1 aromatic rings. The van der Waals surface area contributed by atoms with Crippen LogP contribution in [0.1, 0.15) is 55.1 Å². The summed E-state index contributed by atoms with van der Waals surface area (Å²) in [7, 11) is 1.92. The summed E-state index contributed by atoms with van der Waals surface area (Å²) in [6, 6.07) is 2.66. The molecule has 2 fully saturated rings. The van der Waals surface area contributed by atoms with Gasteiger partial charge in [0, 0.05) is 25.8 Å². The van der Waals surface area contributed by atoms with Gasteiger partial charge in [0.05, 0.1) is 6.04 Å². The number of nitrogens with zero attached hydrogens (tertiary/aromatic N) is 3. The molecule has 20 heavy (non-hydrogen) atoms. The van der Waals surface area contributed by atoms with Crippen LogP contribution in [0.3, 0.4) is 0 Å². The van der Waals surface area contributed by atoms with E-state index in [1.807, 2.05) is 28.9 Å². The number of carbonyl (C=O) groups excluding carboxylic acids is 1. The fraction of sp³-hybridized carbons (Fsp3) is 0.733. The van der Waals surface area contributed by atoms with Gasteiger partial charge >= 0.3 is 0 Å². The number of rotatable bonds is 3. The van der Waals surface area contributed by atoms with Crippen LogP contribution in [-0.2, 0) is 0 Å². The summed E-state index contributed by atoms with van der Waals surface area (Å²) >= 11 is 0. The van der Waals surface area contributed by atoms with Crippen LogP contribution in [-0.4, -0.2) is 46.8 Å². The van der Waals surface area contributed by atoms with Gasteiger partial charge in [-0.2, -0.15) is 5.10 Å². The van der Waals surface area contributed by atoms with Gasteiger partial charge in [-0.15, -0.1) is 0 Å². The molecule has 3 rings (SSSR count). The summed E-state index contributed by atoms with van der Waals surface area (Å²) in [5.41, 5.74) is 0.588. The van der Waals surface area contributed by atoms with Crippen molar-refractivity contribution in [2.24, 2.45) is 0 Å². The zero-order valence-corrected chi connectivity index (χ0v) is 12.2. The van der Waals surface area contributed by atoms with Crippen LogP contribution in [0.4, 0.5) is 0 Å². The third-order valence-corrected chi connectivity index (χ3v) is 4.67. The standard InChI is InChI=1S/C15H24N4O/c1-18(12-5-2-3-6-12)15(20)14-8-10-19(17-14)13-7-4-9-16-11-13/h8,10,12-13,16H,2-7,9,11H2,1H3. The van der Waals surface area contributed by atoms with Crippen LogP contribution in [0, 0.1) is 0 Å². The second kappa shape index (κ2) is 5.95. The molecule has 1 unspecified atom stereocenters. The molecule has 2 heterocycles. The van der Waals surface area contributed by atoms with Crippen molar-refractivity contribution in [2.75, 3.05) is 20.1 Å². The van der Waals surface area contributed by atoms with Crippen molar-refractivity contribution in [3.63, 3.8) is 0 Å². The van der Waals surface area contributed by atoms with Crippen LogP contribution in [0.25, 0.3) is 0 Å². The maximum atomic E-state index is 12.5. The maximum absolute atomic E-state index is 12.5. The van der Waals surface area contributed by atoms with Crippen molar-refractivity contribution < 1.29 is 4.79 Å². The van der Waals surface area contributed by atoms with E-state index in [0.29, 0.717) is 17.8 Å². The Balaban J connectivity index is 1.67. The molecule has 0 bridgehead atoms. The molecule has 1 aliphatic heterocycles. The number of piperidine rings is 1. The fourth-order valence-corrected chi connectivity index (χ4v) is 3.35. The minimum atomic E-state index is 0.0689. The molecule has 2 aliphatic rings. The van der Waals surface area contributed by atoms with E-state index in [4.69, 9.17) is 0 Å². The first kappa shape index (κ1) is 13.6. The van der Waals surface area contributed by atoms with E-state index in [9.17, 15) is 4.79 Å². The third kappa shape index (κ3) is 2.73. The Morgan fingerprint density at radius 3 is 2.85 bits per heavy atom. The number of aromatic nitrogens is 2. The number of hydrogen-bond donors (Lipinski definition) is 1. The van der Waals surface area contributed by atoms with Crippen molar-refractivity contribution in [1.82, 2.24) is 20.0 Å². The molecule has 5 heteroatoms. The zero-order chi connectivity index (χ0) is 13.9. The van der Waals surface area contributed by atoms with Crippen molar-refractivity contribution in [3.8, 4) is 0 Å². The van der Waals surface area contributed by atoms with Gasteiger partial charge in [-0.3, -0.25) is 9.48 Å². The quantitative estimate of drug-likeness (QED) is 0.916. The zero-order valence-electron chi connectivity index (χ0n) is 12.2. The van der Waals surface area contributed by atoms with Crippen molar-refractivity contribution in [2.45, 2.75) is 50.6 Å². The summed E-state index contributed by atoms with van der Waals surface area (Å²) in [4.78, 5) is 14.3. The lowest BCUT2D eigenvalue weighted by Crippen LogP contribution is -2.36. The van der Waals surface area contributed by atoms with E-state index in [1.54, 1.807) is 0 Å². The molecule has 1 atom stereocenters. The predicted molar refractivity (Wildman–Crippen MR) is 77.7 cm³/mol. The number of hydrogen-bond acceptors (Lipinski definition) is 3. The lowest BCUT2D eigenvalue weighted by molar-refractivity contribution is 0.0727. The SMILES string of the molecule is CN(C(=O)c1ccn(C2CCCNC2)n1)C1CCCC1. The van der Waals surface area contributed by atoms with Gasteiger partial charge in [0.25, 0.3) is 5.91 Å². The van der Waals surface area contributed by atoms with Crippen LogP contribution >= 0.6 is 0 Å². The minimum absolute atomic E-state index is 0.0689. The van der Waals surface area contributed by atoms with Crippen molar-refractivity contribution in [3.05, 3.63) is 18.0 Å². The Bertz CT molecular complexity index is 458. The summed E-state index contributed by atoms with van der Waals surface area (Å²) < 4.78 is 1.96. The van der Waals surface area contributed by atoms with Gasteiger partial charge in [-0.05, 0) is 38.3 Å². The van der Waals surface area contributed by atoms with Crippen LogP contribution in [0.15, 0.2) is 12.3 Å². The van der Waals surface area contributed by atoms with Gasteiger partial charge in [-0.1, -0.05) is 12.8 Å². The van der Waals surface area contributed by atoms with E-state index in [-0.39, 0.29) is 5.91 Å². The minimum Gasteiger partial charge on any atom is -0.337 e. The highest BCUT2D eigenvalue weighted by Gasteiger charge is 2.26. The van der Waals surface area contributed by atoms with Crippen LogP contribution in [0.2, 0.25) is 0 Å². The van der Waals surface area contributed by atoms with Crippen molar-refractivity contribution in [1.29, 1.82) is 0 Å². The van der Waals surface area contributed by atoms with Gasteiger partial charge in [0.2, 0.25) is 0 Å². The molecule has 0 aromatic carbocycles. The molecular formula is C15H24N4O. The molecule has 1 aromatic heterocycles. The first-order valence-corrected chi connectivity index (χ1v) is 7.79. The van der Waals surface area contributed by atoms with E-state index in [1.165, 1.54) is 19.3 Å². The molecule has 0 radical (unpaired) electrons. The van der Waals surface area contributed by atoms with Gasteiger partial charge in [-0.25, -0.2) is 0 Å². The van der Waals surface area contributed by atoms with E-state index >= 15 is 0 Å². The van der Waals surface area contributed by atoms with Gasteiger partial charge in [0.1, 0.15) is 5.69 Å². The maximum Gasteiger partial charge on any atom is 0.274 e. The highest BCUT2D eigenvalue weighted by Crippen LogP contribution is 2.23. The summed E-state index contributed by atoms with van der Waals surface area (Å²) in [5, 5.41) is 7.89. The van der Waals surface area contributed by atoms with Gasteiger partial charge < -0.3 is 10.2 Å². The van der Waals surface area contributed by atoms with E-state index < -0.39 is 0 Å². The van der Waals surface area contributed by atoms with Crippen LogP contribution in [0.5, 0.6) is 0 Å². The van der Waals surface area contributed by atoms with Crippen LogP contribution < -0.4 is 5.32 Å². The Morgan fingerprint density at radius 2 is 2.15 bits per heavy atom. The number of carbonyl (C=O) groups is 1. The fourth-order valence-electron chi connectivity index (χ4n) is 3.35. The molecule has 0 spiro atoms. The summed E-state index contributed by atoms with van der Waals surface area (Å²) in [5.74, 6) is 0.0689. The first-order valence-electron chi connectivity index (χ1n) is 7.79. The third-order valence-electron chi connectivity index (χ3n) is 4.67. The predicted octanol–water partition coefficient (Wildman–Crippen LogP) is 1.82. The van der Waals surface area contributed by atoms with E-state index in [2.05, 4.69) is 10.4 Å². The molecule has 1 saturated carbocycles. The lowest BCUT2D eigenvalue weighted by atomic mass is 10.1. The Kier molecular flexibility index (Phi) is 4.05. The largest absolute Gasteiger partial charge is 0.337 e. The molecule has 110 valence electrons. The lowest BCUT2D eigenvalue weighted by Gasteiger charge is -2.24. The average molecular weight is 276 g/mol. The Labute approximate surface area is 120 Å². The summed E-state index contributed by atoms with van der Waals surface area (Å²) in [6.07, 6.45) is 9.02. The molecule has 1 saturated heterocycles. The topological polar surface area (TPSA) is 50.2 Å². The number of nitrogens with one attached hydrogen (secondary N) is 1. The molecule has 1 amide bonds. The Hall–Kier alpha value is -1.36. The molecule has 1 aliphatic carbocycles. The highest BCUT2D eigenvalue weighted by molar-refractivity contribution is 5.92. The Morgan fingerprint density at radius 1 is 1.35 bits per heavy atom. The average Bonchev–Trinajstić information content (AvgIpc) is 3.18.